The highest BCUT2D eigenvalue weighted by Crippen LogP contribution is 2.16. The van der Waals surface area contributed by atoms with Crippen molar-refractivity contribution in [3.8, 4) is 0 Å². The fraction of sp³-hybridized carbons (Fsp3) is 0.364. The average Bonchev–Trinajstić information content (AvgIpc) is 2.08. The van der Waals surface area contributed by atoms with Crippen LogP contribution in [0.25, 0.3) is 0 Å². The Morgan fingerprint density at radius 1 is 1.38 bits per heavy atom. The van der Waals surface area contributed by atoms with Gasteiger partial charge in [0.15, 0.2) is 0 Å². The molecule has 13 heavy (non-hydrogen) atoms. The molecule has 1 N–H and O–H groups in total. The van der Waals surface area contributed by atoms with Crippen molar-refractivity contribution >= 4 is 11.6 Å². The minimum absolute atomic E-state index is 0.0106. The van der Waals surface area contributed by atoms with Gasteiger partial charge in [0, 0.05) is 12.6 Å². The van der Waals surface area contributed by atoms with E-state index < -0.39 is 0 Å². The molecule has 0 radical (unpaired) electrons. The van der Waals surface area contributed by atoms with Crippen LogP contribution in [0.3, 0.4) is 0 Å². The largest absolute Gasteiger partial charge is 0.326 e. The van der Waals surface area contributed by atoms with E-state index in [1.165, 1.54) is 12.5 Å². The summed E-state index contributed by atoms with van der Waals surface area (Å²) in [5.41, 5.74) is 2.15. The van der Waals surface area contributed by atoms with Crippen LogP contribution in [0, 0.1) is 0 Å². The van der Waals surface area contributed by atoms with Crippen LogP contribution < -0.4 is 5.32 Å². The third kappa shape index (κ3) is 2.90. The minimum Gasteiger partial charge on any atom is -0.326 e. The number of benzene rings is 1. The van der Waals surface area contributed by atoms with E-state index in [1.807, 2.05) is 18.2 Å². The van der Waals surface area contributed by atoms with Crippen molar-refractivity contribution in [3.63, 3.8) is 0 Å². The molecule has 0 heterocycles. The summed E-state index contributed by atoms with van der Waals surface area (Å²) >= 11 is 0. The molecule has 0 spiro atoms. The second-order valence-electron chi connectivity index (χ2n) is 3.09. The number of carbonyl (C=O) groups is 1. The SMILES string of the molecule is CCCc1ccccc1NC(C)=O. The first-order chi connectivity index (χ1) is 6.24. The van der Waals surface area contributed by atoms with Crippen LogP contribution in [0.2, 0.25) is 0 Å². The summed E-state index contributed by atoms with van der Waals surface area (Å²) in [7, 11) is 0. The fourth-order valence-electron chi connectivity index (χ4n) is 1.32. The van der Waals surface area contributed by atoms with E-state index in [-0.39, 0.29) is 5.91 Å². The van der Waals surface area contributed by atoms with Gasteiger partial charge >= 0.3 is 0 Å². The monoisotopic (exact) mass is 177 g/mol. The van der Waals surface area contributed by atoms with Crippen molar-refractivity contribution in [2.45, 2.75) is 26.7 Å². The Bertz CT molecular complexity index is 294. The molecule has 0 aliphatic carbocycles. The van der Waals surface area contributed by atoms with E-state index in [0.29, 0.717) is 0 Å². The molecule has 0 unspecified atom stereocenters. The summed E-state index contributed by atoms with van der Waals surface area (Å²) in [6.45, 7) is 3.66. The van der Waals surface area contributed by atoms with Crippen molar-refractivity contribution in [1.82, 2.24) is 0 Å². The number of rotatable bonds is 3. The van der Waals surface area contributed by atoms with E-state index in [9.17, 15) is 4.79 Å². The zero-order valence-electron chi connectivity index (χ0n) is 8.13. The van der Waals surface area contributed by atoms with Gasteiger partial charge in [0.05, 0.1) is 0 Å². The first-order valence-corrected chi connectivity index (χ1v) is 4.59. The lowest BCUT2D eigenvalue weighted by molar-refractivity contribution is -0.114. The third-order valence-corrected chi connectivity index (χ3v) is 1.85. The van der Waals surface area contributed by atoms with Crippen molar-refractivity contribution in [2.75, 3.05) is 5.32 Å². The smallest absolute Gasteiger partial charge is 0.221 e. The number of amides is 1. The van der Waals surface area contributed by atoms with Gasteiger partial charge in [-0.15, -0.1) is 0 Å². The summed E-state index contributed by atoms with van der Waals surface area (Å²) in [4.78, 5) is 10.9. The maximum atomic E-state index is 10.9. The topological polar surface area (TPSA) is 29.1 Å². The number of hydrogen-bond acceptors (Lipinski definition) is 1. The molecule has 1 amide bonds. The summed E-state index contributed by atoms with van der Waals surface area (Å²) < 4.78 is 0. The van der Waals surface area contributed by atoms with Gasteiger partial charge in [-0.25, -0.2) is 0 Å². The first kappa shape index (κ1) is 9.78. The number of aryl methyl sites for hydroxylation is 1. The zero-order chi connectivity index (χ0) is 9.68. The Balaban J connectivity index is 2.84. The van der Waals surface area contributed by atoms with Gasteiger partial charge in [0.1, 0.15) is 0 Å². The predicted molar refractivity (Wildman–Crippen MR) is 54.7 cm³/mol. The van der Waals surface area contributed by atoms with Gasteiger partial charge < -0.3 is 5.32 Å². The molecule has 1 aromatic carbocycles. The maximum Gasteiger partial charge on any atom is 0.221 e. The number of nitrogens with one attached hydrogen (secondary N) is 1. The molecule has 0 aliphatic heterocycles. The van der Waals surface area contributed by atoms with Gasteiger partial charge in [-0.1, -0.05) is 31.5 Å². The number of hydrogen-bond donors (Lipinski definition) is 1. The molecular weight excluding hydrogens is 162 g/mol. The summed E-state index contributed by atoms with van der Waals surface area (Å²) in [5.74, 6) is -0.0106. The van der Waals surface area contributed by atoms with Crippen LogP contribution >= 0.6 is 0 Å². The Morgan fingerprint density at radius 2 is 2.08 bits per heavy atom. The predicted octanol–water partition coefficient (Wildman–Crippen LogP) is 2.60. The van der Waals surface area contributed by atoms with Gasteiger partial charge in [0.25, 0.3) is 0 Å². The second kappa shape index (κ2) is 4.65. The van der Waals surface area contributed by atoms with Crippen LogP contribution in [0.5, 0.6) is 0 Å². The number of carbonyl (C=O) groups excluding carboxylic acids is 1. The van der Waals surface area contributed by atoms with E-state index in [2.05, 4.69) is 18.3 Å². The van der Waals surface area contributed by atoms with Crippen molar-refractivity contribution in [3.05, 3.63) is 29.8 Å². The molecule has 0 saturated heterocycles. The van der Waals surface area contributed by atoms with Crippen LogP contribution in [0.1, 0.15) is 25.8 Å². The molecule has 70 valence electrons. The molecule has 0 saturated carbocycles. The molecular formula is C11H15NO. The van der Waals surface area contributed by atoms with E-state index in [4.69, 9.17) is 0 Å². The standard InChI is InChI=1S/C11H15NO/c1-3-6-10-7-4-5-8-11(10)12-9(2)13/h4-5,7-8H,3,6H2,1-2H3,(H,12,13). The summed E-state index contributed by atoms with van der Waals surface area (Å²) in [6.07, 6.45) is 2.10. The third-order valence-electron chi connectivity index (χ3n) is 1.85. The Labute approximate surface area is 79.0 Å². The van der Waals surface area contributed by atoms with Gasteiger partial charge in [-0.05, 0) is 18.1 Å². The highest BCUT2D eigenvalue weighted by molar-refractivity contribution is 5.89. The lowest BCUT2D eigenvalue weighted by Gasteiger charge is -2.07. The van der Waals surface area contributed by atoms with Crippen molar-refractivity contribution < 1.29 is 4.79 Å². The van der Waals surface area contributed by atoms with Crippen LogP contribution in [-0.4, -0.2) is 5.91 Å². The summed E-state index contributed by atoms with van der Waals surface area (Å²) in [5, 5.41) is 2.82. The maximum absolute atomic E-state index is 10.9. The number of para-hydroxylation sites is 1. The average molecular weight is 177 g/mol. The van der Waals surface area contributed by atoms with Gasteiger partial charge in [-0.2, -0.15) is 0 Å². The molecule has 0 bridgehead atoms. The van der Waals surface area contributed by atoms with Crippen LogP contribution in [0.4, 0.5) is 5.69 Å². The second-order valence-corrected chi connectivity index (χ2v) is 3.09. The first-order valence-electron chi connectivity index (χ1n) is 4.59. The molecule has 2 nitrogen and oxygen atoms in total. The Hall–Kier alpha value is -1.31. The van der Waals surface area contributed by atoms with Crippen LogP contribution in [0.15, 0.2) is 24.3 Å². The summed E-state index contributed by atoms with van der Waals surface area (Å²) in [6, 6.07) is 7.92. The molecule has 0 aliphatic rings. The van der Waals surface area contributed by atoms with E-state index >= 15 is 0 Å². The lowest BCUT2D eigenvalue weighted by Crippen LogP contribution is -2.07. The fourth-order valence-corrected chi connectivity index (χ4v) is 1.32. The highest BCUT2D eigenvalue weighted by Gasteiger charge is 2.00. The van der Waals surface area contributed by atoms with E-state index in [1.54, 1.807) is 0 Å². The molecule has 0 atom stereocenters. The molecule has 2 heteroatoms. The van der Waals surface area contributed by atoms with Crippen LogP contribution in [-0.2, 0) is 11.2 Å². The quantitative estimate of drug-likeness (QED) is 0.755. The number of anilines is 1. The van der Waals surface area contributed by atoms with Crippen molar-refractivity contribution in [2.24, 2.45) is 0 Å². The normalized spacial score (nSPS) is 9.69. The molecule has 0 aromatic heterocycles. The minimum atomic E-state index is -0.0106. The molecule has 1 aromatic rings. The van der Waals surface area contributed by atoms with Crippen molar-refractivity contribution in [1.29, 1.82) is 0 Å². The van der Waals surface area contributed by atoms with Gasteiger partial charge in [0.2, 0.25) is 5.91 Å². The molecule has 0 fully saturated rings. The van der Waals surface area contributed by atoms with E-state index in [0.717, 1.165) is 18.5 Å². The Morgan fingerprint density at radius 3 is 2.69 bits per heavy atom. The molecule has 1 rings (SSSR count). The lowest BCUT2D eigenvalue weighted by atomic mass is 10.1. The highest BCUT2D eigenvalue weighted by atomic mass is 16.1. The Kier molecular flexibility index (Phi) is 3.50. The zero-order valence-corrected chi connectivity index (χ0v) is 8.13. The van der Waals surface area contributed by atoms with Gasteiger partial charge in [-0.3, -0.25) is 4.79 Å².